The first-order valence-corrected chi connectivity index (χ1v) is 13.5. The summed E-state index contributed by atoms with van der Waals surface area (Å²) in [5, 5.41) is 6.73. The Labute approximate surface area is 210 Å². The van der Waals surface area contributed by atoms with Crippen molar-refractivity contribution in [2.24, 2.45) is 7.05 Å². The lowest BCUT2D eigenvalue weighted by atomic mass is 9.86. The van der Waals surface area contributed by atoms with E-state index in [4.69, 9.17) is 4.74 Å². The number of nitrogens with one attached hydrogen (secondary N) is 1. The number of hydrogen-bond acceptors (Lipinski definition) is 5. The zero-order chi connectivity index (χ0) is 25.5. The van der Waals surface area contributed by atoms with E-state index >= 15 is 8.78 Å². The average Bonchev–Trinajstić information content (AvgIpc) is 3.24. The molecule has 2 aliphatic heterocycles. The summed E-state index contributed by atoms with van der Waals surface area (Å²) < 4.78 is 66.2. The average molecular weight is 517 g/mol. The van der Waals surface area contributed by atoms with E-state index in [9.17, 15) is 8.42 Å². The molecule has 7 nitrogen and oxygen atoms in total. The van der Waals surface area contributed by atoms with Gasteiger partial charge < -0.3 is 4.74 Å². The van der Waals surface area contributed by atoms with Crippen LogP contribution in [0.2, 0.25) is 0 Å². The molecule has 0 radical (unpaired) electrons. The SMILES string of the molecule is C[C@H]1CC[C@H](c2ccccc2)S(=O)(=O)N1Cc1cc(F)c(C2(NCc3cnn(C)c3)COC2)cc1F. The van der Waals surface area contributed by atoms with E-state index in [0.717, 1.165) is 11.6 Å². The predicted molar refractivity (Wildman–Crippen MR) is 131 cm³/mol. The number of benzene rings is 2. The number of nitrogens with zero attached hydrogens (tertiary/aromatic N) is 3. The van der Waals surface area contributed by atoms with Crippen LogP contribution < -0.4 is 5.32 Å². The molecule has 0 amide bonds. The normalized spacial score (nSPS) is 23.3. The van der Waals surface area contributed by atoms with Gasteiger partial charge in [0.1, 0.15) is 16.9 Å². The molecule has 0 saturated carbocycles. The molecule has 1 aromatic heterocycles. The summed E-state index contributed by atoms with van der Waals surface area (Å²) in [4.78, 5) is 0. The summed E-state index contributed by atoms with van der Waals surface area (Å²) >= 11 is 0. The Kier molecular flexibility index (Phi) is 6.71. The topological polar surface area (TPSA) is 76.5 Å². The Bertz CT molecular complexity index is 1340. The monoisotopic (exact) mass is 516 g/mol. The molecule has 2 saturated heterocycles. The minimum absolute atomic E-state index is 0.0167. The molecule has 0 bridgehead atoms. The second-order valence-corrected chi connectivity index (χ2v) is 11.9. The van der Waals surface area contributed by atoms with Gasteiger partial charge in [0.15, 0.2) is 0 Å². The third-order valence-electron chi connectivity index (χ3n) is 7.26. The standard InChI is InChI=1S/C26H30F2N4O3S/c1-18-8-9-25(20-6-4-3-5-7-20)36(33,34)32(18)15-21-10-24(28)22(11-23(21)27)26(16-35-17-26)29-12-19-13-30-31(2)14-19/h3-7,10-11,13-14,18,25,29H,8-9,12,15-17H2,1-2H3/t18-,25+/m0/s1. The number of rotatable bonds is 7. The molecule has 3 heterocycles. The third kappa shape index (κ3) is 4.58. The fourth-order valence-corrected chi connectivity index (χ4v) is 7.28. The molecule has 0 spiro atoms. The van der Waals surface area contributed by atoms with Crippen LogP contribution >= 0.6 is 0 Å². The first kappa shape index (κ1) is 25.0. The Hall–Kier alpha value is -2.66. The van der Waals surface area contributed by atoms with E-state index in [1.165, 1.54) is 10.4 Å². The molecular formula is C26H30F2N4O3S. The van der Waals surface area contributed by atoms with Gasteiger partial charge in [0.25, 0.3) is 0 Å². The Morgan fingerprint density at radius 1 is 1.14 bits per heavy atom. The Morgan fingerprint density at radius 2 is 1.89 bits per heavy atom. The maximum absolute atomic E-state index is 15.4. The van der Waals surface area contributed by atoms with E-state index < -0.39 is 32.4 Å². The van der Waals surface area contributed by atoms with Gasteiger partial charge in [-0.2, -0.15) is 9.40 Å². The zero-order valence-corrected chi connectivity index (χ0v) is 21.1. The first-order chi connectivity index (χ1) is 17.2. The number of sulfonamides is 1. The van der Waals surface area contributed by atoms with E-state index in [-0.39, 0.29) is 36.9 Å². The van der Waals surface area contributed by atoms with Crippen molar-refractivity contribution >= 4 is 10.0 Å². The minimum atomic E-state index is -3.76. The Balaban J connectivity index is 1.39. The lowest BCUT2D eigenvalue weighted by molar-refractivity contribution is -0.0813. The van der Waals surface area contributed by atoms with Crippen LogP contribution in [0, 0.1) is 11.6 Å². The minimum Gasteiger partial charge on any atom is -0.377 e. The summed E-state index contributed by atoms with van der Waals surface area (Å²) in [6, 6.07) is 11.0. The molecule has 2 fully saturated rings. The number of hydrogen-bond donors (Lipinski definition) is 1. The van der Waals surface area contributed by atoms with Crippen molar-refractivity contribution in [3.63, 3.8) is 0 Å². The number of aromatic nitrogens is 2. The maximum Gasteiger partial charge on any atom is 0.221 e. The van der Waals surface area contributed by atoms with E-state index in [0.29, 0.717) is 24.9 Å². The van der Waals surface area contributed by atoms with Gasteiger partial charge in [-0.05, 0) is 37.5 Å². The third-order valence-corrected chi connectivity index (χ3v) is 9.63. The van der Waals surface area contributed by atoms with E-state index in [2.05, 4.69) is 10.4 Å². The van der Waals surface area contributed by atoms with Crippen LogP contribution in [-0.4, -0.2) is 41.8 Å². The van der Waals surface area contributed by atoms with Crippen molar-refractivity contribution < 1.29 is 21.9 Å². The number of ether oxygens (including phenoxy) is 1. The summed E-state index contributed by atoms with van der Waals surface area (Å²) in [7, 11) is -1.95. The van der Waals surface area contributed by atoms with Gasteiger partial charge in [0.05, 0.1) is 24.9 Å². The second kappa shape index (κ2) is 9.66. The molecule has 10 heteroatoms. The molecule has 5 rings (SSSR count). The first-order valence-electron chi connectivity index (χ1n) is 12.0. The highest BCUT2D eigenvalue weighted by atomic mass is 32.2. The van der Waals surface area contributed by atoms with Gasteiger partial charge in [-0.1, -0.05) is 30.3 Å². The van der Waals surface area contributed by atoms with Gasteiger partial charge in [0.2, 0.25) is 10.0 Å². The van der Waals surface area contributed by atoms with Crippen LogP contribution in [0.15, 0.2) is 54.9 Å². The molecule has 0 aliphatic carbocycles. The fourth-order valence-electron chi connectivity index (χ4n) is 5.09. The largest absolute Gasteiger partial charge is 0.377 e. The highest BCUT2D eigenvalue weighted by molar-refractivity contribution is 7.89. The van der Waals surface area contributed by atoms with Crippen molar-refractivity contribution in [2.45, 2.75) is 49.7 Å². The molecule has 2 aliphatic rings. The van der Waals surface area contributed by atoms with Gasteiger partial charge in [-0.15, -0.1) is 0 Å². The molecule has 2 atom stereocenters. The van der Waals surface area contributed by atoms with Crippen LogP contribution in [0.25, 0.3) is 0 Å². The predicted octanol–water partition coefficient (Wildman–Crippen LogP) is 3.77. The highest BCUT2D eigenvalue weighted by Crippen LogP contribution is 2.39. The van der Waals surface area contributed by atoms with Gasteiger partial charge in [0, 0.05) is 49.1 Å². The van der Waals surface area contributed by atoms with Gasteiger partial charge in [-0.3, -0.25) is 10.00 Å². The molecule has 2 aromatic carbocycles. The molecule has 192 valence electrons. The molecular weight excluding hydrogens is 486 g/mol. The van der Waals surface area contributed by atoms with Crippen LogP contribution in [0.4, 0.5) is 8.78 Å². The summed E-state index contributed by atoms with van der Waals surface area (Å²) in [5.74, 6) is -1.22. The van der Waals surface area contributed by atoms with E-state index in [1.807, 2.05) is 38.4 Å². The lowest BCUT2D eigenvalue weighted by Crippen LogP contribution is -2.57. The van der Waals surface area contributed by atoms with Crippen molar-refractivity contribution in [3.05, 3.63) is 88.7 Å². The van der Waals surface area contributed by atoms with Crippen LogP contribution in [0.1, 0.15) is 47.3 Å². The van der Waals surface area contributed by atoms with Crippen molar-refractivity contribution in [1.29, 1.82) is 0 Å². The maximum atomic E-state index is 15.4. The van der Waals surface area contributed by atoms with Crippen LogP contribution in [-0.2, 0) is 40.4 Å². The number of aryl methyl sites for hydroxylation is 1. The Morgan fingerprint density at radius 3 is 2.53 bits per heavy atom. The quantitative estimate of drug-likeness (QED) is 0.518. The number of halogens is 2. The summed E-state index contributed by atoms with van der Waals surface area (Å²) in [6.45, 7) is 2.43. The lowest BCUT2D eigenvalue weighted by Gasteiger charge is -2.43. The van der Waals surface area contributed by atoms with E-state index in [1.54, 1.807) is 23.0 Å². The fraction of sp³-hybridized carbons (Fsp3) is 0.423. The summed E-state index contributed by atoms with van der Waals surface area (Å²) in [5.41, 5.74) is 0.961. The van der Waals surface area contributed by atoms with Crippen molar-refractivity contribution in [1.82, 2.24) is 19.4 Å². The summed E-state index contributed by atoms with van der Waals surface area (Å²) in [6.07, 6.45) is 4.69. The van der Waals surface area contributed by atoms with Crippen LogP contribution in [0.5, 0.6) is 0 Å². The molecule has 3 aromatic rings. The molecule has 0 unspecified atom stereocenters. The smallest absolute Gasteiger partial charge is 0.221 e. The second-order valence-electron chi connectivity index (χ2n) is 9.79. The van der Waals surface area contributed by atoms with Gasteiger partial charge in [-0.25, -0.2) is 17.2 Å². The highest BCUT2D eigenvalue weighted by Gasteiger charge is 2.44. The van der Waals surface area contributed by atoms with Crippen molar-refractivity contribution in [2.75, 3.05) is 13.2 Å². The van der Waals surface area contributed by atoms with Crippen molar-refractivity contribution in [3.8, 4) is 0 Å². The molecule has 1 N–H and O–H groups in total. The van der Waals surface area contributed by atoms with Gasteiger partial charge >= 0.3 is 0 Å². The molecule has 36 heavy (non-hydrogen) atoms. The zero-order valence-electron chi connectivity index (χ0n) is 20.3. The van der Waals surface area contributed by atoms with Crippen LogP contribution in [0.3, 0.4) is 0 Å².